The zero-order valence-electron chi connectivity index (χ0n) is 13.1. The lowest BCUT2D eigenvalue weighted by Gasteiger charge is -2.21. The molecule has 23 heavy (non-hydrogen) atoms. The summed E-state index contributed by atoms with van der Waals surface area (Å²) in [4.78, 5) is 12.4. The lowest BCUT2D eigenvalue weighted by atomic mass is 10.1. The summed E-state index contributed by atoms with van der Waals surface area (Å²) in [5.41, 5.74) is 0.834. The number of carbonyl (C=O) groups is 1. The number of hydrogen-bond donors (Lipinski definition) is 1. The van der Waals surface area contributed by atoms with E-state index in [0.29, 0.717) is 17.2 Å². The van der Waals surface area contributed by atoms with Crippen molar-refractivity contribution in [2.75, 3.05) is 0 Å². The molecule has 3 nitrogen and oxygen atoms in total. The number of amides is 1. The first-order chi connectivity index (χ1) is 11.0. The number of benzene rings is 2. The zero-order chi connectivity index (χ0) is 16.8. The first kappa shape index (κ1) is 17.3. The van der Waals surface area contributed by atoms with Crippen LogP contribution in [0.3, 0.4) is 0 Å². The van der Waals surface area contributed by atoms with E-state index >= 15 is 0 Å². The van der Waals surface area contributed by atoms with Gasteiger partial charge in [0.1, 0.15) is 11.6 Å². The quantitative estimate of drug-likeness (QED) is 0.843. The van der Waals surface area contributed by atoms with E-state index in [9.17, 15) is 9.18 Å². The fourth-order valence-corrected chi connectivity index (χ4v) is 2.27. The number of hydrogen-bond acceptors (Lipinski definition) is 2. The molecule has 0 aromatic heterocycles. The van der Waals surface area contributed by atoms with E-state index in [0.717, 1.165) is 5.56 Å². The van der Waals surface area contributed by atoms with Crippen molar-refractivity contribution in [3.8, 4) is 5.75 Å². The largest absolute Gasteiger partial charge is 0.481 e. The molecule has 0 fully saturated rings. The van der Waals surface area contributed by atoms with E-state index < -0.39 is 6.10 Å². The van der Waals surface area contributed by atoms with Gasteiger partial charge < -0.3 is 10.1 Å². The van der Waals surface area contributed by atoms with E-state index in [1.54, 1.807) is 36.4 Å². The van der Waals surface area contributed by atoms with Gasteiger partial charge in [-0.15, -0.1) is 0 Å². The van der Waals surface area contributed by atoms with Crippen LogP contribution in [0.2, 0.25) is 5.02 Å². The van der Waals surface area contributed by atoms with Crippen LogP contribution in [0.5, 0.6) is 5.75 Å². The van der Waals surface area contributed by atoms with Gasteiger partial charge in [-0.3, -0.25) is 4.79 Å². The third-order valence-corrected chi connectivity index (χ3v) is 3.74. The van der Waals surface area contributed by atoms with Gasteiger partial charge >= 0.3 is 0 Å². The summed E-state index contributed by atoms with van der Waals surface area (Å²) >= 11 is 5.83. The Hall–Kier alpha value is -2.07. The second kappa shape index (κ2) is 7.97. The van der Waals surface area contributed by atoms with Crippen molar-refractivity contribution in [2.24, 2.45) is 0 Å². The molecule has 1 N–H and O–H groups in total. The molecule has 0 aliphatic carbocycles. The van der Waals surface area contributed by atoms with Gasteiger partial charge in [0.2, 0.25) is 0 Å². The van der Waals surface area contributed by atoms with Gasteiger partial charge in [0.25, 0.3) is 5.91 Å². The van der Waals surface area contributed by atoms with E-state index in [1.165, 1.54) is 12.1 Å². The highest BCUT2D eigenvalue weighted by atomic mass is 35.5. The molecule has 2 atom stereocenters. The standard InChI is InChI=1S/C18H19ClFNO2/c1-3-17(23-16-10-6-14(19)7-11-16)18(22)21-12(2)13-4-8-15(20)9-5-13/h4-12,17H,3H2,1-2H3,(H,21,22). The second-order valence-electron chi connectivity index (χ2n) is 5.25. The van der Waals surface area contributed by atoms with Gasteiger partial charge in [-0.2, -0.15) is 0 Å². The van der Waals surface area contributed by atoms with Crippen LogP contribution in [0.25, 0.3) is 0 Å². The second-order valence-corrected chi connectivity index (χ2v) is 5.69. The number of nitrogens with one attached hydrogen (secondary N) is 1. The summed E-state index contributed by atoms with van der Waals surface area (Å²) in [6.45, 7) is 3.73. The predicted octanol–water partition coefficient (Wildman–Crippen LogP) is 4.51. The highest BCUT2D eigenvalue weighted by molar-refractivity contribution is 6.30. The summed E-state index contributed by atoms with van der Waals surface area (Å²) in [5, 5.41) is 3.50. The molecule has 2 aromatic carbocycles. The number of ether oxygens (including phenoxy) is 1. The molecule has 122 valence electrons. The summed E-state index contributed by atoms with van der Waals surface area (Å²) in [7, 11) is 0. The van der Waals surface area contributed by atoms with E-state index in [1.807, 2.05) is 13.8 Å². The first-order valence-electron chi connectivity index (χ1n) is 7.47. The van der Waals surface area contributed by atoms with E-state index in [2.05, 4.69) is 5.32 Å². The minimum atomic E-state index is -0.598. The zero-order valence-corrected chi connectivity index (χ0v) is 13.8. The van der Waals surface area contributed by atoms with Crippen molar-refractivity contribution in [2.45, 2.75) is 32.4 Å². The lowest BCUT2D eigenvalue weighted by Crippen LogP contribution is -2.39. The van der Waals surface area contributed by atoms with Crippen LogP contribution in [-0.2, 0) is 4.79 Å². The maximum atomic E-state index is 12.9. The van der Waals surface area contributed by atoms with Crippen LogP contribution in [-0.4, -0.2) is 12.0 Å². The van der Waals surface area contributed by atoms with Crippen LogP contribution in [0, 0.1) is 5.82 Å². The fourth-order valence-electron chi connectivity index (χ4n) is 2.14. The van der Waals surface area contributed by atoms with Crippen molar-refractivity contribution < 1.29 is 13.9 Å². The van der Waals surface area contributed by atoms with Crippen molar-refractivity contribution in [1.29, 1.82) is 0 Å². The number of carbonyl (C=O) groups excluding carboxylic acids is 1. The topological polar surface area (TPSA) is 38.3 Å². The molecule has 5 heteroatoms. The molecule has 0 aliphatic heterocycles. The van der Waals surface area contributed by atoms with E-state index in [-0.39, 0.29) is 17.8 Å². The maximum absolute atomic E-state index is 12.9. The maximum Gasteiger partial charge on any atom is 0.261 e. The molecule has 2 unspecified atom stereocenters. The van der Waals surface area contributed by atoms with Gasteiger partial charge in [-0.25, -0.2) is 4.39 Å². The van der Waals surface area contributed by atoms with Crippen LogP contribution >= 0.6 is 11.6 Å². The summed E-state index contributed by atoms with van der Waals surface area (Å²) in [5.74, 6) is 0.0786. The predicted molar refractivity (Wildman–Crippen MR) is 89.1 cm³/mol. The molecule has 0 heterocycles. The van der Waals surface area contributed by atoms with Crippen molar-refractivity contribution in [1.82, 2.24) is 5.32 Å². The molecule has 0 radical (unpaired) electrons. The monoisotopic (exact) mass is 335 g/mol. The van der Waals surface area contributed by atoms with Crippen LogP contribution in [0.4, 0.5) is 4.39 Å². The number of rotatable bonds is 6. The third-order valence-electron chi connectivity index (χ3n) is 3.48. The lowest BCUT2D eigenvalue weighted by molar-refractivity contribution is -0.128. The minimum absolute atomic E-state index is 0.209. The molecule has 0 bridgehead atoms. The van der Waals surface area contributed by atoms with Gasteiger partial charge in [0.15, 0.2) is 6.10 Å². The summed E-state index contributed by atoms with van der Waals surface area (Å²) in [6, 6.07) is 12.7. The highest BCUT2D eigenvalue weighted by Gasteiger charge is 2.20. The van der Waals surface area contributed by atoms with Gasteiger partial charge in [-0.05, 0) is 55.3 Å². The Bertz CT molecular complexity index is 643. The molecule has 2 rings (SSSR count). The Morgan fingerprint density at radius 2 is 1.78 bits per heavy atom. The van der Waals surface area contributed by atoms with E-state index in [4.69, 9.17) is 16.3 Å². The summed E-state index contributed by atoms with van der Waals surface area (Å²) < 4.78 is 18.7. The third kappa shape index (κ3) is 4.96. The van der Waals surface area contributed by atoms with Crippen molar-refractivity contribution in [3.05, 3.63) is 64.9 Å². The average molecular weight is 336 g/mol. The first-order valence-corrected chi connectivity index (χ1v) is 7.85. The van der Waals surface area contributed by atoms with Crippen molar-refractivity contribution in [3.63, 3.8) is 0 Å². The Balaban J connectivity index is 1.99. The Kier molecular flexibility index (Phi) is 5.99. The van der Waals surface area contributed by atoms with Crippen LogP contribution in [0.1, 0.15) is 31.9 Å². The molecule has 0 saturated carbocycles. The summed E-state index contributed by atoms with van der Waals surface area (Å²) in [6.07, 6.45) is -0.0657. The van der Waals surface area contributed by atoms with Crippen LogP contribution < -0.4 is 10.1 Å². The normalized spacial score (nSPS) is 13.2. The average Bonchev–Trinajstić information content (AvgIpc) is 2.54. The minimum Gasteiger partial charge on any atom is -0.481 e. The SMILES string of the molecule is CCC(Oc1ccc(Cl)cc1)C(=O)NC(C)c1ccc(F)cc1. The highest BCUT2D eigenvalue weighted by Crippen LogP contribution is 2.19. The fraction of sp³-hybridized carbons (Fsp3) is 0.278. The molecule has 0 spiro atoms. The van der Waals surface area contributed by atoms with Gasteiger partial charge in [0, 0.05) is 5.02 Å². The Morgan fingerprint density at radius 1 is 1.17 bits per heavy atom. The molecular weight excluding hydrogens is 317 g/mol. The molecule has 0 aliphatic rings. The van der Waals surface area contributed by atoms with Crippen LogP contribution in [0.15, 0.2) is 48.5 Å². The van der Waals surface area contributed by atoms with Crippen molar-refractivity contribution >= 4 is 17.5 Å². The molecule has 0 saturated heterocycles. The Labute approximate surface area is 140 Å². The van der Waals surface area contributed by atoms with Gasteiger partial charge in [0.05, 0.1) is 6.04 Å². The Morgan fingerprint density at radius 3 is 2.35 bits per heavy atom. The molecule has 1 amide bonds. The van der Waals surface area contributed by atoms with Gasteiger partial charge in [-0.1, -0.05) is 30.7 Å². The smallest absolute Gasteiger partial charge is 0.261 e. The molecular formula is C18H19ClFNO2. The number of halogens is 2. The molecule has 2 aromatic rings.